The first-order valence-electron chi connectivity index (χ1n) is 9.18. The minimum Gasteiger partial charge on any atom is -0.496 e. The summed E-state index contributed by atoms with van der Waals surface area (Å²) in [6, 6.07) is 17.9. The molecule has 3 aromatic rings. The van der Waals surface area contributed by atoms with Gasteiger partial charge in [0, 0.05) is 17.8 Å². The molecule has 1 amide bonds. The van der Waals surface area contributed by atoms with E-state index in [4.69, 9.17) is 4.74 Å². The highest BCUT2D eigenvalue weighted by Crippen LogP contribution is 2.18. The highest BCUT2D eigenvalue weighted by molar-refractivity contribution is 6.03. The maximum Gasteiger partial charge on any atom is 0.276 e. The molecule has 0 atom stereocenters. The third-order valence-electron chi connectivity index (χ3n) is 4.34. The molecule has 0 aliphatic heterocycles. The van der Waals surface area contributed by atoms with Crippen LogP contribution in [0, 0.1) is 0 Å². The lowest BCUT2D eigenvalue weighted by atomic mass is 10.1. The minimum atomic E-state index is -0.367. The van der Waals surface area contributed by atoms with Crippen molar-refractivity contribution in [3.8, 4) is 5.75 Å². The summed E-state index contributed by atoms with van der Waals surface area (Å²) in [5, 5.41) is 13.9. The Labute approximate surface area is 169 Å². The van der Waals surface area contributed by atoms with Crippen LogP contribution in [0.4, 0.5) is 11.5 Å². The fraction of sp³-hybridized carbons (Fsp3) is 0.182. The van der Waals surface area contributed by atoms with Crippen molar-refractivity contribution in [1.82, 2.24) is 10.2 Å². The lowest BCUT2D eigenvalue weighted by Crippen LogP contribution is -2.15. The van der Waals surface area contributed by atoms with E-state index in [-0.39, 0.29) is 17.4 Å². The van der Waals surface area contributed by atoms with Crippen LogP contribution in [-0.4, -0.2) is 35.5 Å². The van der Waals surface area contributed by atoms with Gasteiger partial charge in [-0.05, 0) is 61.4 Å². The van der Waals surface area contributed by atoms with Crippen LogP contribution in [0.1, 0.15) is 33.3 Å². The second kappa shape index (κ2) is 9.45. The number of rotatable bonds is 8. The number of ether oxygens (including phenoxy) is 1. The fourth-order valence-corrected chi connectivity index (χ4v) is 2.77. The summed E-state index contributed by atoms with van der Waals surface area (Å²) >= 11 is 0. The largest absolute Gasteiger partial charge is 0.496 e. The molecule has 3 rings (SSSR count). The van der Waals surface area contributed by atoms with E-state index in [0.29, 0.717) is 23.6 Å². The number of carbonyl (C=O) groups is 2. The van der Waals surface area contributed by atoms with Gasteiger partial charge in [-0.3, -0.25) is 9.59 Å². The normalized spacial score (nSPS) is 10.3. The Morgan fingerprint density at radius 3 is 2.38 bits per heavy atom. The minimum absolute atomic E-state index is 0.0254. The predicted octanol–water partition coefficient (Wildman–Crippen LogP) is 3.59. The van der Waals surface area contributed by atoms with Gasteiger partial charge in [0.25, 0.3) is 5.91 Å². The van der Waals surface area contributed by atoms with E-state index in [9.17, 15) is 9.59 Å². The zero-order valence-electron chi connectivity index (χ0n) is 16.3. The van der Waals surface area contributed by atoms with Gasteiger partial charge in [-0.1, -0.05) is 18.2 Å². The molecule has 0 saturated carbocycles. The molecule has 2 aromatic carbocycles. The molecule has 1 heterocycles. The van der Waals surface area contributed by atoms with Crippen LogP contribution in [0.15, 0.2) is 60.7 Å². The molecule has 0 aliphatic carbocycles. The molecule has 0 unspecified atom stereocenters. The number of anilines is 2. The van der Waals surface area contributed by atoms with Crippen molar-refractivity contribution in [2.45, 2.75) is 13.3 Å². The molecular formula is C22H22N4O3. The van der Waals surface area contributed by atoms with Gasteiger partial charge in [0.15, 0.2) is 11.5 Å². The van der Waals surface area contributed by atoms with Crippen LogP contribution < -0.4 is 15.4 Å². The van der Waals surface area contributed by atoms with E-state index in [1.807, 2.05) is 24.3 Å². The van der Waals surface area contributed by atoms with Gasteiger partial charge in [-0.2, -0.15) is 0 Å². The Morgan fingerprint density at radius 2 is 1.72 bits per heavy atom. The molecule has 0 radical (unpaired) electrons. The van der Waals surface area contributed by atoms with Crippen LogP contribution in [0.2, 0.25) is 0 Å². The second-order valence-corrected chi connectivity index (χ2v) is 6.38. The lowest BCUT2D eigenvalue weighted by molar-refractivity contribution is 0.101. The number of nitrogens with zero attached hydrogens (tertiary/aromatic N) is 2. The first-order valence-corrected chi connectivity index (χ1v) is 9.18. The van der Waals surface area contributed by atoms with Crippen molar-refractivity contribution >= 4 is 23.2 Å². The number of para-hydroxylation sites is 1. The molecule has 29 heavy (non-hydrogen) atoms. The number of methoxy groups -OCH3 is 1. The first kappa shape index (κ1) is 20.0. The van der Waals surface area contributed by atoms with Crippen molar-refractivity contribution in [2.24, 2.45) is 0 Å². The Hall–Kier alpha value is -3.74. The summed E-state index contributed by atoms with van der Waals surface area (Å²) in [6.45, 7) is 2.15. The highest BCUT2D eigenvalue weighted by Gasteiger charge is 2.09. The molecule has 2 N–H and O–H groups in total. The van der Waals surface area contributed by atoms with Gasteiger partial charge in [-0.15, -0.1) is 10.2 Å². The number of ketones is 1. The van der Waals surface area contributed by atoms with Crippen molar-refractivity contribution < 1.29 is 14.3 Å². The zero-order chi connectivity index (χ0) is 20.6. The van der Waals surface area contributed by atoms with E-state index < -0.39 is 0 Å². The van der Waals surface area contributed by atoms with Crippen LogP contribution >= 0.6 is 0 Å². The molecule has 7 heteroatoms. The van der Waals surface area contributed by atoms with E-state index in [2.05, 4.69) is 20.8 Å². The van der Waals surface area contributed by atoms with Gasteiger partial charge in [0.1, 0.15) is 11.6 Å². The Kier molecular flexibility index (Phi) is 6.52. The molecule has 0 spiro atoms. The molecule has 7 nitrogen and oxygen atoms in total. The number of amides is 1. The fourth-order valence-electron chi connectivity index (χ4n) is 2.77. The van der Waals surface area contributed by atoms with Crippen molar-refractivity contribution in [3.05, 3.63) is 77.5 Å². The quantitative estimate of drug-likeness (QED) is 0.571. The molecule has 148 valence electrons. The Balaban J connectivity index is 1.53. The highest BCUT2D eigenvalue weighted by atomic mass is 16.5. The van der Waals surface area contributed by atoms with Gasteiger partial charge < -0.3 is 15.4 Å². The number of aromatic nitrogens is 2. The molecule has 0 fully saturated rings. The van der Waals surface area contributed by atoms with E-state index in [1.165, 1.54) is 6.92 Å². The summed E-state index contributed by atoms with van der Waals surface area (Å²) in [5.41, 5.74) is 2.48. The van der Waals surface area contributed by atoms with Gasteiger partial charge in [0.2, 0.25) is 0 Å². The number of hydrogen-bond donors (Lipinski definition) is 2. The summed E-state index contributed by atoms with van der Waals surface area (Å²) in [4.78, 5) is 23.6. The van der Waals surface area contributed by atoms with Crippen molar-refractivity contribution in [3.63, 3.8) is 0 Å². The number of benzene rings is 2. The number of Topliss-reactive ketones (excluding diaryl/α,β-unsaturated/α-hetero) is 1. The van der Waals surface area contributed by atoms with Gasteiger partial charge in [-0.25, -0.2) is 0 Å². The van der Waals surface area contributed by atoms with Crippen LogP contribution in [0.5, 0.6) is 5.75 Å². The summed E-state index contributed by atoms with van der Waals surface area (Å²) in [6.07, 6.45) is 0.768. The second-order valence-electron chi connectivity index (χ2n) is 6.38. The summed E-state index contributed by atoms with van der Waals surface area (Å²) < 4.78 is 5.34. The number of carbonyl (C=O) groups excluding carboxylic acids is 2. The molecule has 0 bridgehead atoms. The van der Waals surface area contributed by atoms with Crippen molar-refractivity contribution in [1.29, 1.82) is 0 Å². The van der Waals surface area contributed by atoms with Crippen LogP contribution in [-0.2, 0) is 6.42 Å². The molecule has 1 aromatic heterocycles. The average molecular weight is 390 g/mol. The third-order valence-corrected chi connectivity index (χ3v) is 4.34. The first-order chi connectivity index (χ1) is 14.1. The average Bonchev–Trinajstić information content (AvgIpc) is 2.75. The monoisotopic (exact) mass is 390 g/mol. The third kappa shape index (κ3) is 5.38. The number of nitrogens with one attached hydrogen (secondary N) is 2. The zero-order valence-corrected chi connectivity index (χ0v) is 16.3. The van der Waals surface area contributed by atoms with Crippen molar-refractivity contribution in [2.75, 3.05) is 24.3 Å². The molecular weight excluding hydrogens is 368 g/mol. The topological polar surface area (TPSA) is 93.2 Å². The van der Waals surface area contributed by atoms with E-state index >= 15 is 0 Å². The van der Waals surface area contributed by atoms with E-state index in [0.717, 1.165) is 17.7 Å². The van der Waals surface area contributed by atoms with Crippen LogP contribution in [0.25, 0.3) is 0 Å². The standard InChI is InChI=1S/C22H22N4O3/c1-15(27)16-7-9-18(10-8-16)24-22(28)19-11-12-21(26-25-19)23-14-13-17-5-3-4-6-20(17)29-2/h3-12H,13-14H2,1-2H3,(H,23,26)(H,24,28). The lowest BCUT2D eigenvalue weighted by Gasteiger charge is -2.09. The summed E-state index contributed by atoms with van der Waals surface area (Å²) in [7, 11) is 1.65. The number of hydrogen-bond acceptors (Lipinski definition) is 6. The summed E-state index contributed by atoms with van der Waals surface area (Å²) in [5.74, 6) is 1.04. The maximum absolute atomic E-state index is 12.3. The van der Waals surface area contributed by atoms with Gasteiger partial charge in [0.05, 0.1) is 7.11 Å². The van der Waals surface area contributed by atoms with E-state index in [1.54, 1.807) is 43.5 Å². The van der Waals surface area contributed by atoms with Crippen LogP contribution in [0.3, 0.4) is 0 Å². The molecule has 0 saturated heterocycles. The predicted molar refractivity (Wildman–Crippen MR) is 112 cm³/mol. The Bertz CT molecular complexity index is 986. The Morgan fingerprint density at radius 1 is 0.966 bits per heavy atom. The maximum atomic E-state index is 12.3. The smallest absolute Gasteiger partial charge is 0.276 e. The SMILES string of the molecule is COc1ccccc1CCNc1ccc(C(=O)Nc2ccc(C(C)=O)cc2)nn1. The molecule has 0 aliphatic rings. The van der Waals surface area contributed by atoms with Gasteiger partial charge >= 0.3 is 0 Å².